The van der Waals surface area contributed by atoms with Crippen LogP contribution in [0.4, 0.5) is 0 Å². The summed E-state index contributed by atoms with van der Waals surface area (Å²) in [6.07, 6.45) is 0. The van der Waals surface area contributed by atoms with Gasteiger partial charge in [-0.1, -0.05) is 13.8 Å². The van der Waals surface area contributed by atoms with E-state index in [1.807, 2.05) is 4.90 Å². The Balaban J connectivity index is 2.72. The third-order valence-corrected chi connectivity index (χ3v) is 3.53. The first kappa shape index (κ1) is 9.85. The number of likely N-dealkylation sites (tertiary alicyclic amines) is 1. The van der Waals surface area contributed by atoms with Crippen molar-refractivity contribution in [2.75, 3.05) is 12.4 Å². The summed E-state index contributed by atoms with van der Waals surface area (Å²) in [7, 11) is 0. The Morgan fingerprint density at radius 3 is 2.17 bits per heavy atom. The monoisotopic (exact) mass is 189 g/mol. The van der Waals surface area contributed by atoms with Crippen LogP contribution in [0.25, 0.3) is 0 Å². The molecule has 0 aromatic carbocycles. The van der Waals surface area contributed by atoms with E-state index >= 15 is 0 Å². The quantitative estimate of drug-likeness (QED) is 0.577. The summed E-state index contributed by atoms with van der Waals surface area (Å²) in [4.78, 5) is 13.1. The van der Waals surface area contributed by atoms with Gasteiger partial charge in [0.05, 0.1) is 0 Å². The topological polar surface area (TPSA) is 20.3 Å². The third kappa shape index (κ3) is 1.13. The summed E-state index contributed by atoms with van der Waals surface area (Å²) in [5, 5.41) is 0. The molecule has 12 heavy (non-hydrogen) atoms. The van der Waals surface area contributed by atoms with Gasteiger partial charge in [-0.15, -0.1) is 11.6 Å². The number of rotatable bonds is 1. The number of halogens is 1. The van der Waals surface area contributed by atoms with Crippen molar-refractivity contribution in [2.24, 2.45) is 5.41 Å². The molecule has 0 aromatic heterocycles. The Morgan fingerprint density at radius 2 is 1.92 bits per heavy atom. The Bertz CT molecular complexity index is 211. The standard InChI is InChI=1S/C9H16ClNO/c1-8(2)6-11(7(12)5-10)9(8,3)4/h5-6H2,1-4H3. The number of nitrogens with zero attached hydrogens (tertiary/aromatic N) is 1. The van der Waals surface area contributed by atoms with Gasteiger partial charge in [-0.05, 0) is 13.8 Å². The maximum atomic E-state index is 11.3. The number of hydrogen-bond donors (Lipinski definition) is 0. The molecular weight excluding hydrogens is 174 g/mol. The molecule has 0 aromatic rings. The van der Waals surface area contributed by atoms with Gasteiger partial charge in [0.15, 0.2) is 0 Å². The molecule has 0 saturated carbocycles. The Hall–Kier alpha value is -0.240. The van der Waals surface area contributed by atoms with E-state index in [1.165, 1.54) is 0 Å². The summed E-state index contributed by atoms with van der Waals surface area (Å²) in [5.41, 5.74) is 0.174. The first-order chi connectivity index (χ1) is 5.33. The van der Waals surface area contributed by atoms with E-state index in [1.54, 1.807) is 0 Å². The van der Waals surface area contributed by atoms with Crippen LogP contribution in [0.15, 0.2) is 0 Å². The molecule has 1 saturated heterocycles. The Labute approximate surface area is 78.9 Å². The van der Waals surface area contributed by atoms with E-state index in [2.05, 4.69) is 27.7 Å². The SMILES string of the molecule is CC1(C)CN(C(=O)CCl)C1(C)C. The number of carbonyl (C=O) groups is 1. The molecule has 0 aliphatic carbocycles. The van der Waals surface area contributed by atoms with Gasteiger partial charge in [0.2, 0.25) is 5.91 Å². The van der Waals surface area contributed by atoms with Crippen LogP contribution in [0.5, 0.6) is 0 Å². The average Bonchev–Trinajstić information content (AvgIpc) is 1.99. The lowest BCUT2D eigenvalue weighted by atomic mass is 9.65. The number of carbonyl (C=O) groups excluding carboxylic acids is 1. The van der Waals surface area contributed by atoms with Crippen LogP contribution in [0.3, 0.4) is 0 Å². The highest BCUT2D eigenvalue weighted by Crippen LogP contribution is 2.46. The van der Waals surface area contributed by atoms with E-state index in [0.29, 0.717) is 0 Å². The van der Waals surface area contributed by atoms with Gasteiger partial charge in [-0.25, -0.2) is 0 Å². The largest absolute Gasteiger partial charge is 0.335 e. The van der Waals surface area contributed by atoms with Gasteiger partial charge >= 0.3 is 0 Å². The van der Waals surface area contributed by atoms with Crippen molar-refractivity contribution in [2.45, 2.75) is 33.2 Å². The van der Waals surface area contributed by atoms with Crippen molar-refractivity contribution < 1.29 is 4.79 Å². The number of hydrogen-bond acceptors (Lipinski definition) is 1. The predicted octanol–water partition coefficient (Wildman–Crippen LogP) is 1.87. The molecule has 1 aliphatic heterocycles. The molecular formula is C9H16ClNO. The molecule has 2 nitrogen and oxygen atoms in total. The highest BCUT2D eigenvalue weighted by atomic mass is 35.5. The smallest absolute Gasteiger partial charge is 0.237 e. The van der Waals surface area contributed by atoms with Crippen LogP contribution in [-0.4, -0.2) is 28.8 Å². The van der Waals surface area contributed by atoms with E-state index in [4.69, 9.17) is 11.6 Å². The van der Waals surface area contributed by atoms with E-state index in [0.717, 1.165) is 6.54 Å². The molecule has 0 bridgehead atoms. The maximum Gasteiger partial charge on any atom is 0.237 e. The fraction of sp³-hybridized carbons (Fsp3) is 0.889. The molecule has 1 rings (SSSR count). The van der Waals surface area contributed by atoms with E-state index < -0.39 is 0 Å². The van der Waals surface area contributed by atoms with E-state index in [-0.39, 0.29) is 22.7 Å². The average molecular weight is 190 g/mol. The highest BCUT2D eigenvalue weighted by Gasteiger charge is 2.54. The Kier molecular flexibility index (Phi) is 2.15. The molecule has 1 amide bonds. The van der Waals surface area contributed by atoms with Crippen LogP contribution in [0.1, 0.15) is 27.7 Å². The Morgan fingerprint density at radius 1 is 1.42 bits per heavy atom. The molecule has 1 aliphatic rings. The van der Waals surface area contributed by atoms with Crippen molar-refractivity contribution in [1.82, 2.24) is 4.90 Å². The lowest BCUT2D eigenvalue weighted by molar-refractivity contribution is -0.164. The predicted molar refractivity (Wildman–Crippen MR) is 50.3 cm³/mol. The zero-order valence-electron chi connectivity index (χ0n) is 8.15. The van der Waals surface area contributed by atoms with Crippen LogP contribution in [0, 0.1) is 5.41 Å². The molecule has 1 fully saturated rings. The van der Waals surface area contributed by atoms with Crippen molar-refractivity contribution in [3.8, 4) is 0 Å². The summed E-state index contributed by atoms with van der Waals surface area (Å²) in [6, 6.07) is 0. The van der Waals surface area contributed by atoms with Crippen LogP contribution in [0.2, 0.25) is 0 Å². The van der Waals surface area contributed by atoms with Crippen LogP contribution >= 0.6 is 11.6 Å². The van der Waals surface area contributed by atoms with Crippen molar-refractivity contribution in [3.05, 3.63) is 0 Å². The third-order valence-electron chi connectivity index (χ3n) is 3.30. The molecule has 0 spiro atoms. The van der Waals surface area contributed by atoms with Gasteiger partial charge in [0.25, 0.3) is 0 Å². The molecule has 0 N–H and O–H groups in total. The minimum absolute atomic E-state index is 0.0426. The zero-order chi connectivity index (χ0) is 9.57. The second-order valence-corrected chi connectivity index (χ2v) is 4.82. The van der Waals surface area contributed by atoms with Gasteiger partial charge in [-0.2, -0.15) is 0 Å². The second-order valence-electron chi connectivity index (χ2n) is 4.56. The lowest BCUT2D eigenvalue weighted by Crippen LogP contribution is -2.70. The fourth-order valence-corrected chi connectivity index (χ4v) is 1.68. The molecule has 0 radical (unpaired) electrons. The second kappa shape index (κ2) is 2.63. The zero-order valence-corrected chi connectivity index (χ0v) is 8.90. The summed E-state index contributed by atoms with van der Waals surface area (Å²) >= 11 is 5.49. The van der Waals surface area contributed by atoms with Crippen molar-refractivity contribution >= 4 is 17.5 Å². The minimum Gasteiger partial charge on any atom is -0.335 e. The molecule has 0 atom stereocenters. The van der Waals surface area contributed by atoms with Gasteiger partial charge in [-0.3, -0.25) is 4.79 Å². The fourth-order valence-electron chi connectivity index (χ4n) is 1.53. The minimum atomic E-state index is -0.0427. The normalized spacial score (nSPS) is 24.9. The molecule has 70 valence electrons. The van der Waals surface area contributed by atoms with Crippen molar-refractivity contribution in [1.29, 1.82) is 0 Å². The van der Waals surface area contributed by atoms with E-state index in [9.17, 15) is 4.79 Å². The highest BCUT2D eigenvalue weighted by molar-refractivity contribution is 6.27. The molecule has 3 heteroatoms. The summed E-state index contributed by atoms with van der Waals surface area (Å²) in [5.74, 6) is 0.139. The first-order valence-electron chi connectivity index (χ1n) is 4.19. The molecule has 1 heterocycles. The van der Waals surface area contributed by atoms with Crippen LogP contribution in [-0.2, 0) is 4.79 Å². The number of amides is 1. The maximum absolute atomic E-state index is 11.3. The summed E-state index contributed by atoms with van der Waals surface area (Å²) in [6.45, 7) is 9.34. The van der Waals surface area contributed by atoms with Gasteiger partial charge < -0.3 is 4.90 Å². The molecule has 0 unspecified atom stereocenters. The van der Waals surface area contributed by atoms with Crippen molar-refractivity contribution in [3.63, 3.8) is 0 Å². The van der Waals surface area contributed by atoms with Gasteiger partial charge in [0.1, 0.15) is 5.88 Å². The first-order valence-corrected chi connectivity index (χ1v) is 4.73. The lowest BCUT2D eigenvalue weighted by Gasteiger charge is -2.61. The number of alkyl halides is 1. The van der Waals surface area contributed by atoms with Gasteiger partial charge in [0, 0.05) is 17.5 Å². The summed E-state index contributed by atoms with van der Waals surface area (Å²) < 4.78 is 0. The van der Waals surface area contributed by atoms with Crippen LogP contribution < -0.4 is 0 Å².